The third-order valence-corrected chi connectivity index (χ3v) is 4.98. The molecule has 4 rings (SSSR count). The number of halogens is 2. The molecule has 1 amide bonds. The number of nitrogens with one attached hydrogen (secondary N) is 1. The summed E-state index contributed by atoms with van der Waals surface area (Å²) in [5, 5.41) is 20.9. The number of ether oxygens (including phenoxy) is 1. The van der Waals surface area contributed by atoms with E-state index in [2.05, 4.69) is 15.5 Å². The first-order chi connectivity index (χ1) is 14.9. The predicted molar refractivity (Wildman–Crippen MR) is 114 cm³/mol. The van der Waals surface area contributed by atoms with E-state index in [4.69, 9.17) is 21.6 Å². The number of amides is 1. The van der Waals surface area contributed by atoms with Gasteiger partial charge in [-0.2, -0.15) is 10.1 Å². The van der Waals surface area contributed by atoms with Crippen LogP contribution in [0.15, 0.2) is 48.5 Å². The molecule has 4 aromatic rings. The normalized spacial score (nSPS) is 10.7. The van der Waals surface area contributed by atoms with Crippen molar-refractivity contribution in [3.63, 3.8) is 0 Å². The number of aromatic nitrogens is 3. The van der Waals surface area contributed by atoms with Gasteiger partial charge in [-0.05, 0) is 61.0 Å². The molecule has 9 heteroatoms. The molecule has 0 saturated heterocycles. The number of carbonyl (C=O) groups excluding carboxylic acids is 1. The molecule has 0 bridgehead atoms. The second kappa shape index (κ2) is 8.05. The molecule has 0 radical (unpaired) electrons. The first-order valence-corrected chi connectivity index (χ1v) is 9.50. The van der Waals surface area contributed by atoms with Gasteiger partial charge >= 0.3 is 0 Å². The monoisotopic (exact) mass is 435 g/mol. The van der Waals surface area contributed by atoms with Crippen LogP contribution < -0.4 is 10.1 Å². The van der Waals surface area contributed by atoms with E-state index >= 15 is 0 Å². The highest BCUT2D eigenvalue weighted by Crippen LogP contribution is 2.27. The number of nitrogens with zero attached hydrogens (tertiary/aromatic N) is 4. The van der Waals surface area contributed by atoms with E-state index in [1.165, 1.54) is 24.0 Å². The predicted octanol–water partition coefficient (Wildman–Crippen LogP) is 4.65. The Hall–Kier alpha value is -3.96. The minimum absolute atomic E-state index is 0.141. The third-order valence-electron chi connectivity index (χ3n) is 4.68. The Balaban J connectivity index is 1.66. The van der Waals surface area contributed by atoms with Gasteiger partial charge in [-0.15, -0.1) is 10.2 Å². The third kappa shape index (κ3) is 3.91. The van der Waals surface area contributed by atoms with E-state index in [9.17, 15) is 9.18 Å². The van der Waals surface area contributed by atoms with E-state index in [1.807, 2.05) is 6.07 Å². The average molecular weight is 436 g/mol. The quantitative estimate of drug-likeness (QED) is 0.503. The number of nitriles is 1. The Morgan fingerprint density at radius 3 is 2.55 bits per heavy atom. The van der Waals surface area contributed by atoms with Crippen LogP contribution in [0.2, 0.25) is 5.02 Å². The number of anilines is 1. The molecular formula is C22H15ClFN5O2. The van der Waals surface area contributed by atoms with Crippen molar-refractivity contribution in [2.45, 2.75) is 6.92 Å². The average Bonchev–Trinajstić information content (AvgIpc) is 3.16. The molecule has 0 aliphatic rings. The molecule has 0 fully saturated rings. The SMILES string of the molecule is COc1ccc(-n2nc3cc(C)c(NC(=O)c4ccc(C#N)cc4F)cc3n2)cc1Cl. The number of carbonyl (C=O) groups is 1. The van der Waals surface area contributed by atoms with Crippen LogP contribution in [0.1, 0.15) is 21.5 Å². The summed E-state index contributed by atoms with van der Waals surface area (Å²) in [4.78, 5) is 14.0. The molecule has 1 aromatic heterocycles. The van der Waals surface area contributed by atoms with Gasteiger partial charge in [-0.3, -0.25) is 4.79 Å². The largest absolute Gasteiger partial charge is 0.495 e. The lowest BCUT2D eigenvalue weighted by molar-refractivity contribution is 0.102. The molecule has 31 heavy (non-hydrogen) atoms. The minimum Gasteiger partial charge on any atom is -0.495 e. The smallest absolute Gasteiger partial charge is 0.258 e. The molecule has 3 aromatic carbocycles. The first-order valence-electron chi connectivity index (χ1n) is 9.12. The van der Waals surface area contributed by atoms with Gasteiger partial charge in [0, 0.05) is 5.69 Å². The van der Waals surface area contributed by atoms with Gasteiger partial charge in [-0.25, -0.2) is 4.39 Å². The Kier molecular flexibility index (Phi) is 5.28. The summed E-state index contributed by atoms with van der Waals surface area (Å²) in [7, 11) is 1.53. The molecule has 7 nitrogen and oxygen atoms in total. The fourth-order valence-corrected chi connectivity index (χ4v) is 3.31. The lowest BCUT2D eigenvalue weighted by Crippen LogP contribution is -2.14. The van der Waals surface area contributed by atoms with Gasteiger partial charge in [0.2, 0.25) is 0 Å². The van der Waals surface area contributed by atoms with Gasteiger partial charge in [0.05, 0.1) is 35.0 Å². The van der Waals surface area contributed by atoms with Gasteiger partial charge in [0.25, 0.3) is 5.91 Å². The molecule has 0 aliphatic carbocycles. The molecule has 0 unspecified atom stereocenters. The van der Waals surface area contributed by atoms with Crippen LogP contribution in [0.25, 0.3) is 16.7 Å². The minimum atomic E-state index is -0.766. The molecule has 154 valence electrons. The van der Waals surface area contributed by atoms with Crippen LogP contribution in [0, 0.1) is 24.1 Å². The Morgan fingerprint density at radius 2 is 1.90 bits per heavy atom. The second-order valence-corrected chi connectivity index (χ2v) is 7.13. The highest BCUT2D eigenvalue weighted by atomic mass is 35.5. The van der Waals surface area contributed by atoms with E-state index in [0.717, 1.165) is 11.6 Å². The van der Waals surface area contributed by atoms with Crippen LogP contribution >= 0.6 is 11.6 Å². The van der Waals surface area contributed by atoms with Crippen molar-refractivity contribution in [1.29, 1.82) is 5.26 Å². The molecule has 0 atom stereocenters. The number of aryl methyl sites for hydroxylation is 1. The zero-order chi connectivity index (χ0) is 22.1. The van der Waals surface area contributed by atoms with Crippen molar-refractivity contribution in [2.24, 2.45) is 0 Å². The Bertz CT molecular complexity index is 1380. The van der Waals surface area contributed by atoms with Crippen molar-refractivity contribution >= 4 is 34.2 Å². The van der Waals surface area contributed by atoms with Crippen molar-refractivity contribution in [3.8, 4) is 17.5 Å². The molecule has 0 aliphatic heterocycles. The van der Waals surface area contributed by atoms with E-state index in [0.29, 0.717) is 33.2 Å². The molecular weight excluding hydrogens is 421 g/mol. The Labute approximate surface area is 181 Å². The lowest BCUT2D eigenvalue weighted by atomic mass is 10.1. The standard InChI is InChI=1S/C22H15ClFN5O2/c1-12-7-19-20(28-29(27-19)14-4-6-21(31-2)16(23)9-14)10-18(12)26-22(30)15-5-3-13(11-25)8-17(15)24/h3-10H,1-2H3,(H,26,30). The maximum Gasteiger partial charge on any atom is 0.258 e. The zero-order valence-electron chi connectivity index (χ0n) is 16.5. The van der Waals surface area contributed by atoms with Crippen LogP contribution in [0.5, 0.6) is 5.75 Å². The zero-order valence-corrected chi connectivity index (χ0v) is 17.2. The second-order valence-electron chi connectivity index (χ2n) is 6.72. The number of benzene rings is 3. The van der Waals surface area contributed by atoms with Gasteiger partial charge in [0.1, 0.15) is 22.6 Å². The summed E-state index contributed by atoms with van der Waals surface area (Å²) >= 11 is 6.19. The fourth-order valence-electron chi connectivity index (χ4n) is 3.06. The molecule has 0 saturated carbocycles. The van der Waals surface area contributed by atoms with E-state index in [1.54, 1.807) is 37.3 Å². The first kappa shape index (κ1) is 20.3. The fraction of sp³-hybridized carbons (Fsp3) is 0.0909. The number of methoxy groups -OCH3 is 1. The highest BCUT2D eigenvalue weighted by molar-refractivity contribution is 6.32. The summed E-state index contributed by atoms with van der Waals surface area (Å²) in [6.07, 6.45) is 0. The highest BCUT2D eigenvalue weighted by Gasteiger charge is 2.15. The van der Waals surface area contributed by atoms with Gasteiger partial charge < -0.3 is 10.1 Å². The van der Waals surface area contributed by atoms with Crippen LogP contribution in [-0.2, 0) is 0 Å². The van der Waals surface area contributed by atoms with Crippen LogP contribution in [0.3, 0.4) is 0 Å². The van der Waals surface area contributed by atoms with E-state index < -0.39 is 11.7 Å². The Morgan fingerprint density at radius 1 is 1.16 bits per heavy atom. The number of rotatable bonds is 4. The molecule has 0 spiro atoms. The van der Waals surface area contributed by atoms with Crippen molar-refractivity contribution in [3.05, 3.63) is 76.1 Å². The maximum atomic E-state index is 14.2. The summed E-state index contributed by atoms with van der Waals surface area (Å²) < 4.78 is 19.3. The maximum absolute atomic E-state index is 14.2. The number of hydrogen-bond acceptors (Lipinski definition) is 5. The van der Waals surface area contributed by atoms with Crippen molar-refractivity contribution < 1.29 is 13.9 Å². The number of fused-ring (bicyclic) bond motifs is 1. The van der Waals surface area contributed by atoms with Gasteiger partial charge in [-0.1, -0.05) is 11.6 Å². The van der Waals surface area contributed by atoms with Crippen molar-refractivity contribution in [1.82, 2.24) is 15.0 Å². The molecule has 1 heterocycles. The van der Waals surface area contributed by atoms with Crippen LogP contribution in [0.4, 0.5) is 10.1 Å². The summed E-state index contributed by atoms with van der Waals surface area (Å²) in [6, 6.07) is 14.1. The lowest BCUT2D eigenvalue weighted by Gasteiger charge is -2.09. The summed E-state index contributed by atoms with van der Waals surface area (Å²) in [6.45, 7) is 1.80. The topological polar surface area (TPSA) is 92.8 Å². The van der Waals surface area contributed by atoms with Gasteiger partial charge in [0.15, 0.2) is 0 Å². The number of hydrogen-bond donors (Lipinski definition) is 1. The van der Waals surface area contributed by atoms with Crippen molar-refractivity contribution in [2.75, 3.05) is 12.4 Å². The summed E-state index contributed by atoms with van der Waals surface area (Å²) in [5.41, 5.74) is 2.98. The molecule has 1 N–H and O–H groups in total. The van der Waals surface area contributed by atoms with Crippen LogP contribution in [-0.4, -0.2) is 28.0 Å². The van der Waals surface area contributed by atoms with E-state index in [-0.39, 0.29) is 11.1 Å². The summed E-state index contributed by atoms with van der Waals surface area (Å²) in [5.74, 6) is -0.852.